The summed E-state index contributed by atoms with van der Waals surface area (Å²) >= 11 is 0. The lowest BCUT2D eigenvalue weighted by atomic mass is 9.78. The Morgan fingerprint density at radius 3 is 1.96 bits per heavy atom. The monoisotopic (exact) mass is 351 g/mol. The molecule has 1 atom stereocenters. The van der Waals surface area contributed by atoms with Gasteiger partial charge < -0.3 is 10.4 Å². The minimum absolute atomic E-state index is 0.0165. The summed E-state index contributed by atoms with van der Waals surface area (Å²) in [5, 5.41) is 14.9. The smallest absolute Gasteiger partial charge is 0.220 e. The Labute approximate surface area is 156 Å². The third kappa shape index (κ3) is 3.68. The molecule has 1 fully saturated rings. The normalized spacial score (nSPS) is 17.3. The highest BCUT2D eigenvalue weighted by Gasteiger charge is 2.43. The van der Waals surface area contributed by atoms with Crippen LogP contribution in [-0.4, -0.2) is 17.1 Å². The number of hydrogen-bond donors (Lipinski definition) is 2. The number of aliphatic hydroxyl groups is 1. The molecule has 0 aromatic heterocycles. The van der Waals surface area contributed by atoms with E-state index in [0.29, 0.717) is 12.8 Å². The van der Waals surface area contributed by atoms with E-state index in [1.807, 2.05) is 24.3 Å². The molecule has 1 saturated heterocycles. The summed E-state index contributed by atoms with van der Waals surface area (Å²) in [7, 11) is 0. The maximum Gasteiger partial charge on any atom is 0.220 e. The van der Waals surface area contributed by atoms with Gasteiger partial charge in [-0.2, -0.15) is 0 Å². The standard InChI is InChI=1S/C23H29NO2/c1-3-7-17-9-5-11-19(15-17)23(26,21-13-14-22(25)24-21)20-12-6-10-18(16-20)8-4-2/h5-6,9-12,15-16,21,26H,3-4,7-8,13-14H2,1-2H3,(H,24,25)/t21-/m0/s1. The maximum absolute atomic E-state index is 11.9. The molecular weight excluding hydrogens is 322 g/mol. The highest BCUT2D eigenvalue weighted by atomic mass is 16.3. The van der Waals surface area contributed by atoms with Crippen LogP contribution in [0.3, 0.4) is 0 Å². The van der Waals surface area contributed by atoms with E-state index in [9.17, 15) is 9.90 Å². The van der Waals surface area contributed by atoms with Gasteiger partial charge in [-0.3, -0.25) is 4.79 Å². The number of nitrogens with one attached hydrogen (secondary N) is 1. The molecule has 0 aliphatic carbocycles. The van der Waals surface area contributed by atoms with E-state index in [1.54, 1.807) is 0 Å². The van der Waals surface area contributed by atoms with Gasteiger partial charge in [-0.15, -0.1) is 0 Å². The van der Waals surface area contributed by atoms with Crippen molar-refractivity contribution >= 4 is 5.91 Å². The highest BCUT2D eigenvalue weighted by molar-refractivity contribution is 5.79. The molecule has 138 valence electrons. The third-order valence-corrected chi connectivity index (χ3v) is 5.31. The summed E-state index contributed by atoms with van der Waals surface area (Å²) in [6.45, 7) is 4.31. The zero-order valence-electron chi connectivity index (χ0n) is 15.8. The van der Waals surface area contributed by atoms with Crippen LogP contribution in [-0.2, 0) is 23.2 Å². The van der Waals surface area contributed by atoms with Gasteiger partial charge in [0.05, 0.1) is 6.04 Å². The molecule has 1 aliphatic rings. The van der Waals surface area contributed by atoms with Crippen molar-refractivity contribution in [2.75, 3.05) is 0 Å². The zero-order valence-corrected chi connectivity index (χ0v) is 15.8. The summed E-state index contributed by atoms with van der Waals surface area (Å²) in [5.74, 6) is 0.0165. The second kappa shape index (κ2) is 8.05. The molecule has 1 aliphatic heterocycles. The molecule has 0 unspecified atom stereocenters. The SMILES string of the molecule is CCCc1cccc(C(O)(c2cccc(CCC)c2)[C@@H]2CCC(=O)N2)c1. The molecule has 1 amide bonds. The van der Waals surface area contributed by atoms with E-state index in [0.717, 1.165) is 36.8 Å². The fourth-order valence-corrected chi connectivity index (χ4v) is 4.00. The van der Waals surface area contributed by atoms with Gasteiger partial charge in [0.15, 0.2) is 0 Å². The van der Waals surface area contributed by atoms with Gasteiger partial charge in [0.2, 0.25) is 5.91 Å². The molecule has 1 heterocycles. The van der Waals surface area contributed by atoms with Gasteiger partial charge in [-0.1, -0.05) is 75.2 Å². The van der Waals surface area contributed by atoms with Crippen molar-refractivity contribution in [3.8, 4) is 0 Å². The second-order valence-corrected chi connectivity index (χ2v) is 7.33. The van der Waals surface area contributed by atoms with Gasteiger partial charge in [-0.05, 0) is 41.5 Å². The minimum atomic E-state index is -1.21. The maximum atomic E-state index is 11.9. The largest absolute Gasteiger partial charge is 0.378 e. The Kier molecular flexibility index (Phi) is 5.77. The second-order valence-electron chi connectivity index (χ2n) is 7.33. The van der Waals surface area contributed by atoms with Crippen molar-refractivity contribution in [2.24, 2.45) is 0 Å². The molecule has 3 nitrogen and oxygen atoms in total. The summed E-state index contributed by atoms with van der Waals surface area (Å²) in [5.41, 5.74) is 2.96. The van der Waals surface area contributed by atoms with Gasteiger partial charge >= 0.3 is 0 Å². The fourth-order valence-electron chi connectivity index (χ4n) is 4.00. The van der Waals surface area contributed by atoms with Crippen LogP contribution in [0.5, 0.6) is 0 Å². The molecular formula is C23H29NO2. The van der Waals surface area contributed by atoms with Gasteiger partial charge in [0.1, 0.15) is 5.60 Å². The van der Waals surface area contributed by atoms with Crippen molar-refractivity contribution in [3.63, 3.8) is 0 Å². The number of aryl methyl sites for hydroxylation is 2. The molecule has 0 saturated carbocycles. The van der Waals surface area contributed by atoms with Crippen LogP contribution >= 0.6 is 0 Å². The quantitative estimate of drug-likeness (QED) is 0.789. The van der Waals surface area contributed by atoms with Gasteiger partial charge in [0.25, 0.3) is 0 Å². The van der Waals surface area contributed by atoms with Gasteiger partial charge in [0, 0.05) is 6.42 Å². The fraction of sp³-hybridized carbons (Fsp3) is 0.435. The number of amides is 1. The average molecular weight is 351 g/mol. The van der Waals surface area contributed by atoms with Crippen LogP contribution < -0.4 is 5.32 Å². The molecule has 0 bridgehead atoms. The minimum Gasteiger partial charge on any atom is -0.378 e. The molecule has 2 N–H and O–H groups in total. The van der Waals surface area contributed by atoms with E-state index in [1.165, 1.54) is 11.1 Å². The van der Waals surface area contributed by atoms with Crippen molar-refractivity contribution in [1.82, 2.24) is 5.32 Å². The van der Waals surface area contributed by atoms with Crippen molar-refractivity contribution in [3.05, 3.63) is 70.8 Å². The van der Waals surface area contributed by atoms with Crippen LogP contribution in [0.1, 0.15) is 61.8 Å². The number of carbonyl (C=O) groups excluding carboxylic acids is 1. The molecule has 2 aromatic rings. The Morgan fingerprint density at radius 1 is 1.00 bits per heavy atom. The summed E-state index contributed by atoms with van der Waals surface area (Å²) in [6.07, 6.45) is 5.21. The number of carbonyl (C=O) groups is 1. The lowest BCUT2D eigenvalue weighted by Crippen LogP contribution is -2.47. The van der Waals surface area contributed by atoms with Crippen LogP contribution in [0.15, 0.2) is 48.5 Å². The molecule has 0 spiro atoms. The van der Waals surface area contributed by atoms with E-state index in [-0.39, 0.29) is 11.9 Å². The van der Waals surface area contributed by atoms with Crippen molar-refractivity contribution in [2.45, 2.75) is 64.0 Å². The highest BCUT2D eigenvalue weighted by Crippen LogP contribution is 2.37. The molecule has 2 aromatic carbocycles. The van der Waals surface area contributed by atoms with Gasteiger partial charge in [-0.25, -0.2) is 0 Å². The average Bonchev–Trinajstić information content (AvgIpc) is 3.09. The van der Waals surface area contributed by atoms with E-state index >= 15 is 0 Å². The zero-order chi connectivity index (χ0) is 18.6. The molecule has 26 heavy (non-hydrogen) atoms. The summed E-state index contributed by atoms with van der Waals surface area (Å²) in [6, 6.07) is 16.1. The first-order valence-corrected chi connectivity index (χ1v) is 9.78. The molecule has 3 heteroatoms. The first kappa shape index (κ1) is 18.7. The van der Waals surface area contributed by atoms with Crippen LogP contribution in [0.4, 0.5) is 0 Å². The van der Waals surface area contributed by atoms with Crippen LogP contribution in [0, 0.1) is 0 Å². The van der Waals surface area contributed by atoms with Crippen LogP contribution in [0.25, 0.3) is 0 Å². The Morgan fingerprint density at radius 2 is 1.54 bits per heavy atom. The Bertz CT molecular complexity index is 719. The van der Waals surface area contributed by atoms with E-state index in [4.69, 9.17) is 0 Å². The first-order valence-electron chi connectivity index (χ1n) is 9.78. The Balaban J connectivity index is 2.09. The first-order chi connectivity index (χ1) is 12.6. The number of hydrogen-bond acceptors (Lipinski definition) is 2. The van der Waals surface area contributed by atoms with Crippen LogP contribution in [0.2, 0.25) is 0 Å². The third-order valence-electron chi connectivity index (χ3n) is 5.31. The lowest BCUT2D eigenvalue weighted by Gasteiger charge is -2.35. The topological polar surface area (TPSA) is 49.3 Å². The predicted molar refractivity (Wildman–Crippen MR) is 105 cm³/mol. The predicted octanol–water partition coefficient (Wildman–Crippen LogP) is 4.11. The number of benzene rings is 2. The summed E-state index contributed by atoms with van der Waals surface area (Å²) < 4.78 is 0. The van der Waals surface area contributed by atoms with Crippen molar-refractivity contribution < 1.29 is 9.90 Å². The number of rotatable bonds is 7. The van der Waals surface area contributed by atoms with Crippen molar-refractivity contribution in [1.29, 1.82) is 0 Å². The van der Waals surface area contributed by atoms with E-state index < -0.39 is 5.60 Å². The molecule has 3 rings (SSSR count). The van der Waals surface area contributed by atoms with E-state index in [2.05, 4.69) is 43.4 Å². The molecule has 0 radical (unpaired) electrons. The summed E-state index contributed by atoms with van der Waals surface area (Å²) in [4.78, 5) is 11.9. The lowest BCUT2D eigenvalue weighted by molar-refractivity contribution is -0.120. The Hall–Kier alpha value is -2.13.